The molecule has 1 aliphatic rings. The molecule has 4 rings (SSSR count). The predicted molar refractivity (Wildman–Crippen MR) is 113 cm³/mol. The third-order valence-electron chi connectivity index (χ3n) is 5.06. The fourth-order valence-electron chi connectivity index (χ4n) is 3.53. The van der Waals surface area contributed by atoms with Crippen molar-refractivity contribution >= 4 is 39.2 Å². The molecule has 1 aromatic carbocycles. The lowest BCUT2D eigenvalue weighted by molar-refractivity contribution is -0.118. The minimum atomic E-state index is -0.250. The second-order valence-corrected chi connectivity index (χ2v) is 9.12. The fraction of sp³-hybridized carbons (Fsp3) is 0.381. The molecule has 0 aliphatic heterocycles. The highest BCUT2D eigenvalue weighted by Gasteiger charge is 2.15. The Hall–Kier alpha value is -1.99. The zero-order valence-electron chi connectivity index (χ0n) is 15.5. The molecule has 3 aromatic rings. The number of thioether (sulfide) groups is 1. The number of hydrogen-bond donors (Lipinski definition) is 1. The van der Waals surface area contributed by atoms with E-state index in [0.717, 1.165) is 32.2 Å². The van der Waals surface area contributed by atoms with Crippen LogP contribution >= 0.6 is 23.1 Å². The van der Waals surface area contributed by atoms with E-state index >= 15 is 0 Å². The number of hydrogen-bond acceptors (Lipinski definition) is 5. The second-order valence-electron chi connectivity index (χ2n) is 7.11. The Morgan fingerprint density at radius 3 is 2.75 bits per heavy atom. The number of carbonyl (C=O) groups is 1. The van der Waals surface area contributed by atoms with Crippen LogP contribution in [0.15, 0.2) is 41.7 Å². The van der Waals surface area contributed by atoms with Crippen LogP contribution in [0.2, 0.25) is 0 Å². The van der Waals surface area contributed by atoms with Gasteiger partial charge in [0.15, 0.2) is 0 Å². The Labute approximate surface area is 172 Å². The fourth-order valence-corrected chi connectivity index (χ4v) is 5.56. The van der Waals surface area contributed by atoms with Crippen LogP contribution in [-0.4, -0.2) is 28.2 Å². The van der Waals surface area contributed by atoms with Crippen molar-refractivity contribution in [2.24, 2.45) is 5.92 Å². The maximum atomic E-state index is 13.2. The normalized spacial score (nSPS) is 15.0. The third-order valence-corrected chi connectivity index (χ3v) is 7.36. The van der Waals surface area contributed by atoms with Crippen molar-refractivity contribution in [3.63, 3.8) is 0 Å². The van der Waals surface area contributed by atoms with Crippen molar-refractivity contribution < 1.29 is 9.18 Å². The second kappa shape index (κ2) is 9.01. The van der Waals surface area contributed by atoms with Crippen LogP contribution in [0.5, 0.6) is 0 Å². The van der Waals surface area contributed by atoms with E-state index in [1.807, 2.05) is 6.07 Å². The van der Waals surface area contributed by atoms with E-state index < -0.39 is 0 Å². The SMILES string of the molecule is O=C(CSc1ncnc2cc(-c3ccc(F)cc3)sc12)NCC1CCCCC1. The van der Waals surface area contributed by atoms with Crippen molar-refractivity contribution in [1.82, 2.24) is 15.3 Å². The summed E-state index contributed by atoms with van der Waals surface area (Å²) in [6.07, 6.45) is 7.87. The molecule has 1 aliphatic carbocycles. The molecule has 1 fully saturated rings. The van der Waals surface area contributed by atoms with Gasteiger partial charge >= 0.3 is 0 Å². The number of amides is 1. The quantitative estimate of drug-likeness (QED) is 0.439. The van der Waals surface area contributed by atoms with Gasteiger partial charge in [0.1, 0.15) is 17.2 Å². The first-order valence-electron chi connectivity index (χ1n) is 9.59. The molecule has 7 heteroatoms. The van der Waals surface area contributed by atoms with Gasteiger partial charge in [0.2, 0.25) is 5.91 Å². The summed E-state index contributed by atoms with van der Waals surface area (Å²) in [6.45, 7) is 0.784. The highest BCUT2D eigenvalue weighted by atomic mass is 32.2. The Morgan fingerprint density at radius 1 is 1.18 bits per heavy atom. The molecule has 0 radical (unpaired) electrons. The van der Waals surface area contributed by atoms with Gasteiger partial charge in [-0.2, -0.15) is 0 Å². The number of aromatic nitrogens is 2. The average molecular weight is 416 g/mol. The smallest absolute Gasteiger partial charge is 0.230 e. The minimum absolute atomic E-state index is 0.0534. The van der Waals surface area contributed by atoms with E-state index in [9.17, 15) is 9.18 Å². The minimum Gasteiger partial charge on any atom is -0.355 e. The summed E-state index contributed by atoms with van der Waals surface area (Å²) in [5.74, 6) is 0.782. The molecule has 2 heterocycles. The lowest BCUT2D eigenvalue weighted by atomic mass is 9.89. The highest BCUT2D eigenvalue weighted by molar-refractivity contribution is 8.00. The van der Waals surface area contributed by atoms with Crippen molar-refractivity contribution in [3.05, 3.63) is 42.5 Å². The van der Waals surface area contributed by atoms with E-state index in [1.54, 1.807) is 23.5 Å². The van der Waals surface area contributed by atoms with Crippen LogP contribution in [0.4, 0.5) is 4.39 Å². The van der Waals surface area contributed by atoms with Gasteiger partial charge in [-0.25, -0.2) is 14.4 Å². The van der Waals surface area contributed by atoms with Gasteiger partial charge in [-0.3, -0.25) is 4.79 Å². The number of halogens is 1. The molecule has 1 N–H and O–H groups in total. The van der Waals surface area contributed by atoms with E-state index in [-0.39, 0.29) is 11.7 Å². The van der Waals surface area contributed by atoms with E-state index in [4.69, 9.17) is 0 Å². The van der Waals surface area contributed by atoms with Crippen LogP contribution in [0.3, 0.4) is 0 Å². The Bertz CT molecular complexity index is 952. The van der Waals surface area contributed by atoms with Crippen LogP contribution in [0.25, 0.3) is 20.7 Å². The van der Waals surface area contributed by atoms with Crippen LogP contribution in [-0.2, 0) is 4.79 Å². The molecule has 0 saturated heterocycles. The van der Waals surface area contributed by atoms with E-state index in [1.165, 1.54) is 62.3 Å². The highest BCUT2D eigenvalue weighted by Crippen LogP contribution is 2.36. The molecule has 0 unspecified atom stereocenters. The number of thiophene rings is 1. The molecular formula is C21H22FN3OS2. The first kappa shape index (κ1) is 19.3. The number of benzene rings is 1. The molecule has 1 saturated carbocycles. The molecule has 146 valence electrons. The number of fused-ring (bicyclic) bond motifs is 1. The van der Waals surface area contributed by atoms with E-state index in [2.05, 4.69) is 15.3 Å². The van der Waals surface area contributed by atoms with Gasteiger partial charge in [-0.05, 0) is 42.5 Å². The average Bonchev–Trinajstić information content (AvgIpc) is 3.17. The van der Waals surface area contributed by atoms with Crippen molar-refractivity contribution in [1.29, 1.82) is 0 Å². The largest absolute Gasteiger partial charge is 0.355 e. The molecule has 4 nitrogen and oxygen atoms in total. The van der Waals surface area contributed by atoms with Crippen molar-refractivity contribution in [2.75, 3.05) is 12.3 Å². The first-order chi connectivity index (χ1) is 13.7. The summed E-state index contributed by atoms with van der Waals surface area (Å²) in [5, 5.41) is 3.89. The molecule has 0 atom stereocenters. The summed E-state index contributed by atoms with van der Waals surface area (Å²) >= 11 is 3.01. The Balaban J connectivity index is 1.40. The summed E-state index contributed by atoms with van der Waals surface area (Å²) in [6, 6.07) is 8.43. The van der Waals surface area contributed by atoms with Gasteiger partial charge in [0, 0.05) is 11.4 Å². The number of nitrogens with zero attached hydrogens (tertiary/aromatic N) is 2. The first-order valence-corrected chi connectivity index (χ1v) is 11.4. The maximum Gasteiger partial charge on any atom is 0.230 e. The predicted octanol–water partition coefficient (Wildman–Crippen LogP) is 5.29. The van der Waals surface area contributed by atoms with Crippen molar-refractivity contribution in [3.8, 4) is 10.4 Å². The van der Waals surface area contributed by atoms with Crippen molar-refractivity contribution in [2.45, 2.75) is 37.1 Å². The zero-order valence-corrected chi connectivity index (χ0v) is 17.1. The Morgan fingerprint density at radius 2 is 1.96 bits per heavy atom. The topological polar surface area (TPSA) is 54.9 Å². The van der Waals surface area contributed by atoms with Gasteiger partial charge in [0.05, 0.1) is 16.0 Å². The summed E-state index contributed by atoms with van der Waals surface area (Å²) in [4.78, 5) is 22.0. The number of nitrogens with one attached hydrogen (secondary N) is 1. The maximum absolute atomic E-state index is 13.2. The van der Waals surface area contributed by atoms with E-state index in [0.29, 0.717) is 11.7 Å². The number of carbonyl (C=O) groups excluding carboxylic acids is 1. The lowest BCUT2D eigenvalue weighted by Crippen LogP contribution is -2.31. The lowest BCUT2D eigenvalue weighted by Gasteiger charge is -2.21. The van der Waals surface area contributed by atoms with Gasteiger partial charge in [-0.1, -0.05) is 43.2 Å². The Kier molecular flexibility index (Phi) is 6.22. The standard InChI is InChI=1S/C21H22FN3OS2/c22-16-8-6-15(7-9-16)18-10-17-20(28-18)21(25-13-24-17)27-12-19(26)23-11-14-4-2-1-3-5-14/h6-10,13-14H,1-5,11-12H2,(H,23,26). The molecule has 2 aromatic heterocycles. The molecule has 0 spiro atoms. The number of rotatable bonds is 6. The summed E-state index contributed by atoms with van der Waals surface area (Å²) in [7, 11) is 0. The van der Waals surface area contributed by atoms with Crippen LogP contribution in [0.1, 0.15) is 32.1 Å². The van der Waals surface area contributed by atoms with Gasteiger partial charge < -0.3 is 5.32 Å². The summed E-state index contributed by atoms with van der Waals surface area (Å²) in [5.41, 5.74) is 1.80. The third kappa shape index (κ3) is 4.70. The van der Waals surface area contributed by atoms with Crippen LogP contribution < -0.4 is 5.32 Å². The van der Waals surface area contributed by atoms with Gasteiger partial charge in [0.25, 0.3) is 0 Å². The molecular weight excluding hydrogens is 393 g/mol. The summed E-state index contributed by atoms with van der Waals surface area (Å²) < 4.78 is 14.1. The van der Waals surface area contributed by atoms with Crippen LogP contribution in [0, 0.1) is 11.7 Å². The molecule has 1 amide bonds. The van der Waals surface area contributed by atoms with Gasteiger partial charge in [-0.15, -0.1) is 11.3 Å². The molecule has 0 bridgehead atoms. The zero-order chi connectivity index (χ0) is 19.3. The monoisotopic (exact) mass is 415 g/mol. The molecule has 28 heavy (non-hydrogen) atoms.